The molecular weight excluding hydrogens is 228 g/mol. The molecule has 0 amide bonds. The lowest BCUT2D eigenvalue weighted by atomic mass is 10.1. The predicted octanol–water partition coefficient (Wildman–Crippen LogP) is 2.46. The molecule has 4 heteroatoms. The minimum atomic E-state index is -0.859. The lowest BCUT2D eigenvalue weighted by Gasteiger charge is -2.18. The summed E-state index contributed by atoms with van der Waals surface area (Å²) in [5.74, 6) is -0.859. The van der Waals surface area contributed by atoms with E-state index >= 15 is 0 Å². The second kappa shape index (κ2) is 7.84. The van der Waals surface area contributed by atoms with Crippen LogP contribution in [0.1, 0.15) is 35.3 Å². The molecule has 0 unspecified atom stereocenters. The fourth-order valence-corrected chi connectivity index (χ4v) is 1.31. The zero-order valence-corrected chi connectivity index (χ0v) is 12.1. The van der Waals surface area contributed by atoms with Crippen LogP contribution in [0.2, 0.25) is 0 Å². The Morgan fingerprint density at radius 3 is 2.17 bits per heavy atom. The topological polar surface area (TPSA) is 52.6 Å². The molecule has 0 aromatic heterocycles. The second-order valence-corrected chi connectivity index (χ2v) is 4.55. The van der Waals surface area contributed by atoms with Gasteiger partial charge in [0.2, 0.25) is 0 Å². The number of hydrazine groups is 1. The van der Waals surface area contributed by atoms with E-state index in [1.807, 2.05) is 32.1 Å². The highest BCUT2D eigenvalue weighted by Gasteiger charge is 2.04. The van der Waals surface area contributed by atoms with Crippen LogP contribution in [-0.4, -0.2) is 36.2 Å². The van der Waals surface area contributed by atoms with Crippen LogP contribution >= 0.6 is 0 Å². The van der Waals surface area contributed by atoms with E-state index in [-0.39, 0.29) is 0 Å². The van der Waals surface area contributed by atoms with Crippen LogP contribution in [0, 0.1) is 13.8 Å². The molecule has 4 nitrogen and oxygen atoms in total. The Balaban J connectivity index is 0.000000360. The van der Waals surface area contributed by atoms with E-state index in [4.69, 9.17) is 5.11 Å². The predicted molar refractivity (Wildman–Crippen MR) is 74.8 cm³/mol. The van der Waals surface area contributed by atoms with E-state index in [1.54, 1.807) is 19.1 Å². The summed E-state index contributed by atoms with van der Waals surface area (Å²) in [5.41, 5.74) is 5.29. The van der Waals surface area contributed by atoms with Gasteiger partial charge in [0.15, 0.2) is 0 Å². The number of rotatable bonds is 3. The summed E-state index contributed by atoms with van der Waals surface area (Å²) in [5, 5.41) is 10.7. The monoisotopic (exact) mass is 252 g/mol. The van der Waals surface area contributed by atoms with E-state index < -0.39 is 5.97 Å². The van der Waals surface area contributed by atoms with E-state index in [1.165, 1.54) is 0 Å². The maximum atomic E-state index is 10.5. The van der Waals surface area contributed by atoms with Crippen molar-refractivity contribution in [3.05, 3.63) is 34.9 Å². The molecule has 1 rings (SSSR count). The van der Waals surface area contributed by atoms with Crippen molar-refractivity contribution in [1.82, 2.24) is 10.4 Å². The first-order valence-electron chi connectivity index (χ1n) is 6.00. The van der Waals surface area contributed by atoms with Gasteiger partial charge in [-0.3, -0.25) is 5.43 Å². The summed E-state index contributed by atoms with van der Waals surface area (Å²) in [6.07, 6.45) is 0. The van der Waals surface area contributed by atoms with Crippen LogP contribution in [-0.2, 0) is 0 Å². The third-order valence-electron chi connectivity index (χ3n) is 2.74. The van der Waals surface area contributed by atoms with Gasteiger partial charge in [0, 0.05) is 13.1 Å². The van der Waals surface area contributed by atoms with E-state index in [9.17, 15) is 4.79 Å². The van der Waals surface area contributed by atoms with Crippen molar-refractivity contribution in [2.24, 2.45) is 0 Å². The number of carboxylic acid groups (broad SMARTS) is 1. The summed E-state index contributed by atoms with van der Waals surface area (Å²) in [4.78, 5) is 10.5. The molecule has 0 saturated carbocycles. The average molecular weight is 252 g/mol. The van der Waals surface area contributed by atoms with Crippen LogP contribution in [0.4, 0.5) is 0 Å². The van der Waals surface area contributed by atoms with Crippen LogP contribution in [0.15, 0.2) is 18.2 Å². The van der Waals surface area contributed by atoms with Gasteiger partial charge in [-0.05, 0) is 46.4 Å². The Kier molecular flexibility index (Phi) is 7.24. The van der Waals surface area contributed by atoms with Crippen molar-refractivity contribution in [2.75, 3.05) is 14.1 Å². The van der Waals surface area contributed by atoms with Crippen LogP contribution in [0.25, 0.3) is 0 Å². The SMILES string of the molecule is CNN(C)C(C)C.Cc1ccc(C(=O)O)c(C)c1. The Hall–Kier alpha value is -1.39. The third kappa shape index (κ3) is 5.80. The zero-order valence-electron chi connectivity index (χ0n) is 12.1. The van der Waals surface area contributed by atoms with E-state index in [0.717, 1.165) is 11.1 Å². The maximum Gasteiger partial charge on any atom is 0.335 e. The molecule has 0 aliphatic heterocycles. The molecule has 2 N–H and O–H groups in total. The van der Waals surface area contributed by atoms with Crippen molar-refractivity contribution in [2.45, 2.75) is 33.7 Å². The molecule has 18 heavy (non-hydrogen) atoms. The number of hydrogen-bond acceptors (Lipinski definition) is 3. The zero-order chi connectivity index (χ0) is 14.3. The molecular formula is C14H24N2O2. The van der Waals surface area contributed by atoms with Gasteiger partial charge >= 0.3 is 5.97 Å². The van der Waals surface area contributed by atoms with Crippen LogP contribution in [0.5, 0.6) is 0 Å². The molecule has 0 radical (unpaired) electrons. The molecule has 1 aromatic carbocycles. The Labute approximate surface area is 110 Å². The quantitative estimate of drug-likeness (QED) is 0.811. The number of hydrogen-bond donors (Lipinski definition) is 2. The molecule has 0 bridgehead atoms. The summed E-state index contributed by atoms with van der Waals surface area (Å²) in [6.45, 7) is 8.02. The Bertz CT molecular complexity index is 389. The molecule has 0 spiro atoms. The van der Waals surface area contributed by atoms with Crippen molar-refractivity contribution >= 4 is 5.97 Å². The van der Waals surface area contributed by atoms with E-state index in [0.29, 0.717) is 11.6 Å². The minimum Gasteiger partial charge on any atom is -0.478 e. The number of carboxylic acids is 1. The fourth-order valence-electron chi connectivity index (χ4n) is 1.31. The molecule has 0 atom stereocenters. The Morgan fingerprint density at radius 1 is 1.33 bits per heavy atom. The molecule has 102 valence electrons. The van der Waals surface area contributed by atoms with Gasteiger partial charge in [0.1, 0.15) is 0 Å². The molecule has 0 aliphatic rings. The first-order chi connectivity index (χ1) is 8.29. The van der Waals surface area contributed by atoms with Gasteiger partial charge in [-0.25, -0.2) is 9.80 Å². The number of aromatic carboxylic acids is 1. The van der Waals surface area contributed by atoms with Gasteiger partial charge in [0.25, 0.3) is 0 Å². The highest BCUT2D eigenvalue weighted by atomic mass is 16.4. The molecule has 1 aromatic rings. The highest BCUT2D eigenvalue weighted by Crippen LogP contribution is 2.09. The first kappa shape index (κ1) is 16.6. The lowest BCUT2D eigenvalue weighted by Crippen LogP contribution is -2.36. The van der Waals surface area contributed by atoms with Gasteiger partial charge in [-0.1, -0.05) is 17.7 Å². The fraction of sp³-hybridized carbons (Fsp3) is 0.500. The normalized spacial score (nSPS) is 10.2. The largest absolute Gasteiger partial charge is 0.478 e. The maximum absolute atomic E-state index is 10.5. The second-order valence-electron chi connectivity index (χ2n) is 4.55. The molecule has 0 aliphatic carbocycles. The Morgan fingerprint density at radius 2 is 1.89 bits per heavy atom. The van der Waals surface area contributed by atoms with Crippen molar-refractivity contribution in [1.29, 1.82) is 0 Å². The van der Waals surface area contributed by atoms with Crippen molar-refractivity contribution < 1.29 is 9.90 Å². The summed E-state index contributed by atoms with van der Waals surface area (Å²) in [6, 6.07) is 5.89. The van der Waals surface area contributed by atoms with Gasteiger partial charge in [-0.2, -0.15) is 0 Å². The summed E-state index contributed by atoms with van der Waals surface area (Å²) < 4.78 is 0. The van der Waals surface area contributed by atoms with E-state index in [2.05, 4.69) is 19.3 Å². The summed E-state index contributed by atoms with van der Waals surface area (Å²) >= 11 is 0. The van der Waals surface area contributed by atoms with Crippen LogP contribution in [0.3, 0.4) is 0 Å². The van der Waals surface area contributed by atoms with Gasteiger partial charge in [-0.15, -0.1) is 0 Å². The smallest absolute Gasteiger partial charge is 0.335 e. The number of carbonyl (C=O) groups is 1. The van der Waals surface area contributed by atoms with Crippen molar-refractivity contribution in [3.63, 3.8) is 0 Å². The average Bonchev–Trinajstić information content (AvgIpc) is 2.27. The third-order valence-corrected chi connectivity index (χ3v) is 2.74. The highest BCUT2D eigenvalue weighted by molar-refractivity contribution is 5.89. The number of nitrogens with zero attached hydrogens (tertiary/aromatic N) is 1. The van der Waals surface area contributed by atoms with Gasteiger partial charge in [0.05, 0.1) is 5.56 Å². The van der Waals surface area contributed by atoms with Gasteiger partial charge < -0.3 is 5.11 Å². The van der Waals surface area contributed by atoms with Crippen LogP contribution < -0.4 is 5.43 Å². The molecule has 0 heterocycles. The first-order valence-corrected chi connectivity index (χ1v) is 6.00. The standard InChI is InChI=1S/C9H10O2.C5H14N2/c1-6-3-4-8(9(10)11)7(2)5-6;1-5(2)7(4)6-3/h3-5H,1-2H3,(H,10,11);5-6H,1-4H3. The van der Waals surface area contributed by atoms with Crippen molar-refractivity contribution in [3.8, 4) is 0 Å². The number of nitrogens with one attached hydrogen (secondary N) is 1. The molecule has 0 fully saturated rings. The number of aryl methyl sites for hydroxylation is 2. The molecule has 0 saturated heterocycles. The summed E-state index contributed by atoms with van der Waals surface area (Å²) in [7, 11) is 3.94. The minimum absolute atomic E-state index is 0.385. The number of benzene rings is 1. The lowest BCUT2D eigenvalue weighted by molar-refractivity contribution is 0.0696.